The SMILES string of the molecule is CCC[C@]1(CCc2ccccc2)CC(O)=C(C(CC)c2cccc(NS(=O)(=O)c3ccc(C#N)cn3)c2)C(=O)O1. The molecule has 0 amide bonds. The number of nitrogens with one attached hydrogen (secondary N) is 1. The van der Waals surface area contributed by atoms with Crippen LogP contribution in [0.2, 0.25) is 0 Å². The van der Waals surface area contributed by atoms with Crippen molar-refractivity contribution in [1.82, 2.24) is 4.98 Å². The van der Waals surface area contributed by atoms with Gasteiger partial charge in [-0.2, -0.15) is 13.7 Å². The Hall–Kier alpha value is -4.16. The molecule has 0 radical (unpaired) electrons. The van der Waals surface area contributed by atoms with Gasteiger partial charge in [0.1, 0.15) is 17.4 Å². The number of aliphatic hydroxyl groups excluding tert-OH is 1. The Kier molecular flexibility index (Phi) is 8.90. The summed E-state index contributed by atoms with van der Waals surface area (Å²) in [6.07, 6.45) is 4.70. The molecule has 2 atom stereocenters. The minimum Gasteiger partial charge on any atom is -0.512 e. The summed E-state index contributed by atoms with van der Waals surface area (Å²) in [5.74, 6) is -0.999. The van der Waals surface area contributed by atoms with E-state index in [0.717, 1.165) is 18.4 Å². The van der Waals surface area contributed by atoms with Gasteiger partial charge in [-0.3, -0.25) is 4.72 Å². The summed E-state index contributed by atoms with van der Waals surface area (Å²) in [5, 5.41) is 20.0. The van der Waals surface area contributed by atoms with E-state index in [-0.39, 0.29) is 34.0 Å². The predicted molar refractivity (Wildman–Crippen MR) is 152 cm³/mol. The van der Waals surface area contributed by atoms with Crippen LogP contribution in [0.3, 0.4) is 0 Å². The van der Waals surface area contributed by atoms with Crippen LogP contribution >= 0.6 is 0 Å². The van der Waals surface area contributed by atoms with Crippen molar-refractivity contribution < 1.29 is 23.1 Å². The standard InChI is InChI=1S/C31H33N3O5S/c1-3-16-31(17-15-22-9-6-5-7-10-22)19-27(35)29(30(36)39-31)26(4-2)24-11-8-12-25(18-24)34-40(37,38)28-14-13-23(20-32)21-33-28/h5-14,18,21,26,34-35H,3-4,15-17,19H2,1-2H3/t26?,31-/m0/s1. The van der Waals surface area contributed by atoms with E-state index in [1.54, 1.807) is 24.3 Å². The minimum absolute atomic E-state index is 0.0254. The molecule has 0 bridgehead atoms. The van der Waals surface area contributed by atoms with Gasteiger partial charge in [-0.1, -0.05) is 62.7 Å². The highest BCUT2D eigenvalue weighted by atomic mass is 32.2. The average molecular weight is 560 g/mol. The number of rotatable bonds is 11. The van der Waals surface area contributed by atoms with E-state index < -0.39 is 27.5 Å². The van der Waals surface area contributed by atoms with E-state index in [1.165, 1.54) is 18.3 Å². The molecule has 208 valence electrons. The number of aliphatic hydroxyl groups is 1. The first kappa shape index (κ1) is 28.8. The van der Waals surface area contributed by atoms with Crippen LogP contribution < -0.4 is 4.72 Å². The van der Waals surface area contributed by atoms with Crippen molar-refractivity contribution in [3.05, 3.63) is 101 Å². The van der Waals surface area contributed by atoms with Gasteiger partial charge < -0.3 is 9.84 Å². The smallest absolute Gasteiger partial charge is 0.338 e. The van der Waals surface area contributed by atoms with Crippen molar-refractivity contribution in [3.8, 4) is 6.07 Å². The van der Waals surface area contributed by atoms with E-state index in [2.05, 4.69) is 9.71 Å². The molecule has 1 aliphatic heterocycles. The lowest BCUT2D eigenvalue weighted by molar-refractivity contribution is -0.161. The molecule has 0 spiro atoms. The quantitative estimate of drug-likeness (QED) is 0.268. The van der Waals surface area contributed by atoms with Crippen LogP contribution in [0.15, 0.2) is 89.3 Å². The molecule has 9 heteroatoms. The maximum atomic E-state index is 13.4. The molecule has 2 heterocycles. The van der Waals surface area contributed by atoms with Crippen molar-refractivity contribution in [1.29, 1.82) is 5.26 Å². The highest BCUT2D eigenvalue weighted by Crippen LogP contribution is 2.42. The van der Waals surface area contributed by atoms with Crippen LogP contribution in [0.5, 0.6) is 0 Å². The number of esters is 1. The van der Waals surface area contributed by atoms with Crippen LogP contribution in [0, 0.1) is 11.3 Å². The monoisotopic (exact) mass is 559 g/mol. The predicted octanol–water partition coefficient (Wildman–Crippen LogP) is 6.18. The molecule has 2 aromatic carbocycles. The average Bonchev–Trinajstić information content (AvgIpc) is 2.94. The third-order valence-corrected chi connectivity index (χ3v) is 8.48. The molecule has 3 aromatic rings. The second-order valence-electron chi connectivity index (χ2n) is 10.0. The molecule has 4 rings (SSSR count). The molecule has 0 aliphatic carbocycles. The molecule has 0 saturated carbocycles. The number of carbonyl (C=O) groups is 1. The van der Waals surface area contributed by atoms with Crippen molar-refractivity contribution >= 4 is 21.7 Å². The maximum absolute atomic E-state index is 13.4. The molecular weight excluding hydrogens is 526 g/mol. The summed E-state index contributed by atoms with van der Waals surface area (Å²) in [6.45, 7) is 3.93. The number of nitrogens with zero attached hydrogens (tertiary/aromatic N) is 2. The number of nitriles is 1. The third kappa shape index (κ3) is 6.52. The van der Waals surface area contributed by atoms with E-state index in [0.29, 0.717) is 24.8 Å². The van der Waals surface area contributed by atoms with Gasteiger partial charge in [0.15, 0.2) is 5.03 Å². The lowest BCUT2D eigenvalue weighted by Crippen LogP contribution is -2.41. The number of cyclic esters (lactones) is 1. The summed E-state index contributed by atoms with van der Waals surface area (Å²) in [6, 6.07) is 21.3. The topological polar surface area (TPSA) is 129 Å². The lowest BCUT2D eigenvalue weighted by atomic mass is 9.80. The van der Waals surface area contributed by atoms with Gasteiger partial charge >= 0.3 is 5.97 Å². The molecule has 1 unspecified atom stereocenters. The fourth-order valence-electron chi connectivity index (χ4n) is 5.26. The number of hydrogen-bond donors (Lipinski definition) is 2. The molecule has 1 aromatic heterocycles. The number of aryl methyl sites for hydroxylation is 1. The molecule has 8 nitrogen and oxygen atoms in total. The molecule has 0 saturated heterocycles. The fraction of sp³-hybridized carbons (Fsp3) is 0.323. The maximum Gasteiger partial charge on any atom is 0.338 e. The fourth-order valence-corrected chi connectivity index (χ4v) is 6.24. The van der Waals surface area contributed by atoms with Gasteiger partial charge in [0.05, 0.1) is 11.1 Å². The van der Waals surface area contributed by atoms with Gasteiger partial charge in [-0.15, -0.1) is 0 Å². The van der Waals surface area contributed by atoms with Crippen molar-refractivity contribution in [2.45, 2.75) is 68.9 Å². The zero-order valence-corrected chi connectivity index (χ0v) is 23.4. The van der Waals surface area contributed by atoms with Crippen molar-refractivity contribution in [2.75, 3.05) is 4.72 Å². The molecule has 1 aliphatic rings. The Balaban J connectivity index is 1.58. The lowest BCUT2D eigenvalue weighted by Gasteiger charge is -2.38. The summed E-state index contributed by atoms with van der Waals surface area (Å²) in [7, 11) is -4.01. The third-order valence-electron chi connectivity index (χ3n) is 7.19. The van der Waals surface area contributed by atoms with E-state index in [1.807, 2.05) is 50.2 Å². The number of hydrogen-bond acceptors (Lipinski definition) is 7. The first-order chi connectivity index (χ1) is 19.2. The Bertz CT molecular complexity index is 1530. The second-order valence-corrected chi connectivity index (χ2v) is 11.7. The van der Waals surface area contributed by atoms with Gasteiger partial charge in [0.25, 0.3) is 10.0 Å². The summed E-state index contributed by atoms with van der Waals surface area (Å²) < 4.78 is 34.4. The van der Waals surface area contributed by atoms with Crippen LogP contribution in [0.4, 0.5) is 5.69 Å². The summed E-state index contributed by atoms with van der Waals surface area (Å²) in [4.78, 5) is 17.3. The molecule has 40 heavy (non-hydrogen) atoms. The van der Waals surface area contributed by atoms with E-state index >= 15 is 0 Å². The van der Waals surface area contributed by atoms with Gasteiger partial charge in [-0.25, -0.2) is 9.78 Å². The zero-order chi connectivity index (χ0) is 28.8. The Morgan fingerprint density at radius 2 is 1.88 bits per heavy atom. The first-order valence-corrected chi connectivity index (χ1v) is 14.9. The van der Waals surface area contributed by atoms with Crippen molar-refractivity contribution in [3.63, 3.8) is 0 Å². The zero-order valence-electron chi connectivity index (χ0n) is 22.6. The Morgan fingerprint density at radius 3 is 2.50 bits per heavy atom. The number of pyridine rings is 1. The minimum atomic E-state index is -4.01. The van der Waals surface area contributed by atoms with E-state index in [9.17, 15) is 18.3 Å². The largest absolute Gasteiger partial charge is 0.512 e. The Labute approximate surface area is 235 Å². The number of aromatic nitrogens is 1. The molecule has 0 fully saturated rings. The van der Waals surface area contributed by atoms with Gasteiger partial charge in [0, 0.05) is 24.2 Å². The Morgan fingerprint density at radius 1 is 1.10 bits per heavy atom. The summed E-state index contributed by atoms with van der Waals surface area (Å²) in [5.41, 5.74) is 1.78. The molecular formula is C31H33N3O5S. The second kappa shape index (κ2) is 12.3. The van der Waals surface area contributed by atoms with Crippen molar-refractivity contribution in [2.24, 2.45) is 0 Å². The van der Waals surface area contributed by atoms with Gasteiger partial charge in [0.2, 0.25) is 0 Å². The van der Waals surface area contributed by atoms with Gasteiger partial charge in [-0.05, 0) is 61.1 Å². The highest BCUT2D eigenvalue weighted by Gasteiger charge is 2.43. The van der Waals surface area contributed by atoms with E-state index in [4.69, 9.17) is 10.00 Å². The first-order valence-electron chi connectivity index (χ1n) is 13.4. The molecule has 2 N–H and O–H groups in total. The number of anilines is 1. The van der Waals surface area contributed by atoms with Crippen LogP contribution in [-0.4, -0.2) is 30.1 Å². The number of carbonyl (C=O) groups excluding carboxylic acids is 1. The number of ether oxygens (including phenoxy) is 1. The van der Waals surface area contributed by atoms with Crippen LogP contribution in [0.25, 0.3) is 0 Å². The normalized spacial score (nSPS) is 18.1. The number of sulfonamides is 1. The summed E-state index contributed by atoms with van der Waals surface area (Å²) >= 11 is 0. The van der Waals surface area contributed by atoms with Crippen LogP contribution in [-0.2, 0) is 26.0 Å². The van der Waals surface area contributed by atoms with Crippen LogP contribution in [0.1, 0.15) is 68.6 Å². The highest BCUT2D eigenvalue weighted by molar-refractivity contribution is 7.92. The number of benzene rings is 2.